The molecule has 4 amide bonds. The van der Waals surface area contributed by atoms with Gasteiger partial charge in [0.25, 0.3) is 11.8 Å². The maximum atomic E-state index is 13.5. The van der Waals surface area contributed by atoms with E-state index < -0.39 is 17.1 Å². The van der Waals surface area contributed by atoms with Crippen LogP contribution in [0, 0.1) is 6.92 Å². The first-order chi connectivity index (χ1) is 23.8. The number of carbonyl (C=O) groups is 4. The van der Waals surface area contributed by atoms with Gasteiger partial charge in [0, 0.05) is 22.6 Å². The van der Waals surface area contributed by atoms with Gasteiger partial charge in [-0.05, 0) is 84.8 Å². The minimum Gasteiger partial charge on any atom is -0.489 e. The average molecular weight is 668 g/mol. The summed E-state index contributed by atoms with van der Waals surface area (Å²) in [6, 6.07) is 40.0. The smallest absolute Gasteiger partial charge is 0.272 e. The molecule has 5 aromatic carbocycles. The molecule has 1 fully saturated rings. The highest BCUT2D eigenvalue weighted by Crippen LogP contribution is 2.34. The zero-order valence-electron chi connectivity index (χ0n) is 26.7. The summed E-state index contributed by atoms with van der Waals surface area (Å²) in [6.07, 6.45) is 1.70. The fourth-order valence-electron chi connectivity index (χ4n) is 5.15. The second-order valence-corrected chi connectivity index (χ2v) is 12.7. The van der Waals surface area contributed by atoms with Crippen LogP contribution in [-0.4, -0.2) is 28.9 Å². The number of hydrogen-bond acceptors (Lipinski definition) is 6. The van der Waals surface area contributed by atoms with Gasteiger partial charge in [0.1, 0.15) is 18.1 Å². The Hall–Kier alpha value is -5.93. The van der Waals surface area contributed by atoms with E-state index in [2.05, 4.69) is 10.6 Å². The van der Waals surface area contributed by atoms with Crippen molar-refractivity contribution in [2.45, 2.75) is 30.1 Å². The van der Waals surface area contributed by atoms with E-state index >= 15 is 0 Å². The Morgan fingerprint density at radius 3 is 2.14 bits per heavy atom. The molecule has 0 saturated carbocycles. The topological polar surface area (TPSA) is 105 Å². The maximum Gasteiger partial charge on any atom is 0.272 e. The zero-order valence-corrected chi connectivity index (χ0v) is 27.5. The molecular formula is C40H33N3O5S. The van der Waals surface area contributed by atoms with Gasteiger partial charge in [-0.3, -0.25) is 19.2 Å². The fourth-order valence-corrected chi connectivity index (χ4v) is 6.20. The summed E-state index contributed by atoms with van der Waals surface area (Å²) >= 11 is 1.31. The number of anilines is 2. The quantitative estimate of drug-likeness (QED) is 0.112. The highest BCUT2D eigenvalue weighted by atomic mass is 32.2. The van der Waals surface area contributed by atoms with Crippen molar-refractivity contribution >= 4 is 52.8 Å². The number of amides is 4. The first-order valence-corrected chi connectivity index (χ1v) is 16.6. The highest BCUT2D eigenvalue weighted by Gasteiger charge is 2.40. The van der Waals surface area contributed by atoms with E-state index in [0.29, 0.717) is 34.9 Å². The molecule has 2 N–H and O–H groups in total. The second-order valence-electron chi connectivity index (χ2n) is 11.4. The van der Waals surface area contributed by atoms with Gasteiger partial charge in [-0.2, -0.15) is 0 Å². The Kier molecular flexibility index (Phi) is 10.3. The van der Waals surface area contributed by atoms with E-state index in [1.54, 1.807) is 66.7 Å². The van der Waals surface area contributed by atoms with Crippen LogP contribution in [0.3, 0.4) is 0 Å². The van der Waals surface area contributed by atoms with Crippen LogP contribution in [0.2, 0.25) is 0 Å². The number of carbonyl (C=O) groups excluding carboxylic acids is 4. The Bertz CT molecular complexity index is 1980. The first-order valence-electron chi connectivity index (χ1n) is 15.7. The number of ether oxygens (including phenoxy) is 1. The molecule has 0 spiro atoms. The molecule has 0 aliphatic carbocycles. The van der Waals surface area contributed by atoms with Crippen LogP contribution in [0.5, 0.6) is 5.75 Å². The highest BCUT2D eigenvalue weighted by molar-refractivity contribution is 8.00. The van der Waals surface area contributed by atoms with Crippen LogP contribution in [-0.2, 0) is 21.0 Å². The van der Waals surface area contributed by atoms with Crippen LogP contribution < -0.4 is 20.3 Å². The van der Waals surface area contributed by atoms with Crippen LogP contribution >= 0.6 is 11.8 Å². The van der Waals surface area contributed by atoms with Crippen molar-refractivity contribution in [2.75, 3.05) is 10.2 Å². The van der Waals surface area contributed by atoms with Gasteiger partial charge < -0.3 is 15.4 Å². The number of hydrogen-bond donors (Lipinski definition) is 2. The normalized spacial score (nSPS) is 14.4. The molecule has 9 heteroatoms. The molecule has 1 aliphatic rings. The predicted molar refractivity (Wildman–Crippen MR) is 192 cm³/mol. The van der Waals surface area contributed by atoms with Gasteiger partial charge in [0.15, 0.2) is 0 Å². The molecule has 5 aromatic rings. The van der Waals surface area contributed by atoms with E-state index in [-0.39, 0.29) is 23.9 Å². The zero-order chi connectivity index (χ0) is 34.2. The number of nitrogens with zero attached hydrogens (tertiary/aromatic N) is 1. The van der Waals surface area contributed by atoms with Crippen molar-refractivity contribution in [2.24, 2.45) is 0 Å². The third-order valence-corrected chi connectivity index (χ3v) is 8.95. The lowest BCUT2D eigenvalue weighted by Crippen LogP contribution is -2.31. The molecule has 0 radical (unpaired) electrons. The third kappa shape index (κ3) is 8.51. The summed E-state index contributed by atoms with van der Waals surface area (Å²) in [5.74, 6) is -0.756. The van der Waals surface area contributed by atoms with Crippen LogP contribution in [0.1, 0.15) is 33.5 Å². The summed E-state index contributed by atoms with van der Waals surface area (Å²) < 4.78 is 5.88. The van der Waals surface area contributed by atoms with E-state index in [0.717, 1.165) is 16.0 Å². The Morgan fingerprint density at radius 1 is 0.816 bits per heavy atom. The van der Waals surface area contributed by atoms with Crippen molar-refractivity contribution in [3.63, 3.8) is 0 Å². The second kappa shape index (κ2) is 15.3. The van der Waals surface area contributed by atoms with Crippen molar-refractivity contribution < 1.29 is 23.9 Å². The fraction of sp³-hybridized carbons (Fsp3) is 0.100. The van der Waals surface area contributed by atoms with E-state index in [1.807, 2.05) is 79.7 Å². The molecule has 0 aromatic heterocycles. The molecule has 1 atom stereocenters. The van der Waals surface area contributed by atoms with Crippen LogP contribution in [0.15, 0.2) is 144 Å². The first kappa shape index (κ1) is 33.0. The molecule has 1 heterocycles. The summed E-state index contributed by atoms with van der Waals surface area (Å²) in [7, 11) is 0. The largest absolute Gasteiger partial charge is 0.489 e. The van der Waals surface area contributed by atoms with Gasteiger partial charge in [0.2, 0.25) is 11.8 Å². The van der Waals surface area contributed by atoms with Gasteiger partial charge in [-0.1, -0.05) is 78.4 Å². The van der Waals surface area contributed by atoms with Crippen molar-refractivity contribution in [1.82, 2.24) is 5.32 Å². The van der Waals surface area contributed by atoms with E-state index in [1.165, 1.54) is 16.7 Å². The number of thioether (sulfide) groups is 1. The number of benzene rings is 5. The summed E-state index contributed by atoms with van der Waals surface area (Å²) in [4.78, 5) is 54.4. The van der Waals surface area contributed by atoms with Gasteiger partial charge in [0.05, 0.1) is 10.9 Å². The van der Waals surface area contributed by atoms with E-state index in [4.69, 9.17) is 4.74 Å². The Labute approximate surface area is 288 Å². The number of aryl methyl sites for hydroxylation is 1. The van der Waals surface area contributed by atoms with Crippen molar-refractivity contribution in [3.8, 4) is 5.75 Å². The summed E-state index contributed by atoms with van der Waals surface area (Å²) in [6.45, 7) is 2.37. The molecule has 49 heavy (non-hydrogen) atoms. The lowest BCUT2D eigenvalue weighted by atomic mass is 10.1. The molecular weight excluding hydrogens is 635 g/mol. The standard InChI is InChI=1S/C40H33N3O5S/c1-27-12-18-32(19-13-27)43-37(44)25-36(40(43)47)49-34-22-16-31(17-23-34)41-39(46)35(42-38(45)30-10-6-3-7-11-30)24-28-14-20-33(21-15-28)48-26-29-8-4-2-5-9-29/h2-24,36H,25-26H2,1H3,(H,41,46)(H,42,45)/b35-24-. The predicted octanol–water partition coefficient (Wildman–Crippen LogP) is 7.41. The molecule has 244 valence electrons. The Morgan fingerprint density at radius 2 is 1.47 bits per heavy atom. The minimum atomic E-state index is -0.549. The van der Waals surface area contributed by atoms with Gasteiger partial charge in [-0.15, -0.1) is 11.8 Å². The molecule has 8 nitrogen and oxygen atoms in total. The van der Waals surface area contributed by atoms with Crippen molar-refractivity contribution in [3.05, 3.63) is 161 Å². The molecule has 1 aliphatic heterocycles. The lowest BCUT2D eigenvalue weighted by Gasteiger charge is -2.15. The van der Waals surface area contributed by atoms with Crippen LogP contribution in [0.25, 0.3) is 6.08 Å². The Balaban J connectivity index is 1.13. The minimum absolute atomic E-state index is 0.0523. The maximum absolute atomic E-state index is 13.5. The average Bonchev–Trinajstić information content (AvgIpc) is 3.41. The molecule has 6 rings (SSSR count). The number of nitrogens with one attached hydrogen (secondary N) is 2. The van der Waals surface area contributed by atoms with Crippen LogP contribution in [0.4, 0.5) is 11.4 Å². The summed E-state index contributed by atoms with van der Waals surface area (Å²) in [5.41, 5.74) is 4.30. The third-order valence-electron chi connectivity index (χ3n) is 7.76. The number of imide groups is 1. The number of rotatable bonds is 11. The molecule has 1 unspecified atom stereocenters. The van der Waals surface area contributed by atoms with Gasteiger partial charge >= 0.3 is 0 Å². The lowest BCUT2D eigenvalue weighted by molar-refractivity contribution is -0.121. The SMILES string of the molecule is Cc1ccc(N2C(=O)CC(Sc3ccc(NC(=O)/C(=C/c4ccc(OCc5ccccc5)cc4)NC(=O)c4ccccc4)cc3)C2=O)cc1. The monoisotopic (exact) mass is 667 g/mol. The van der Waals surface area contributed by atoms with Gasteiger partial charge in [-0.25, -0.2) is 4.90 Å². The molecule has 0 bridgehead atoms. The molecule has 1 saturated heterocycles. The summed E-state index contributed by atoms with van der Waals surface area (Å²) in [5, 5.41) is 5.06. The van der Waals surface area contributed by atoms with E-state index in [9.17, 15) is 19.2 Å². The van der Waals surface area contributed by atoms with Crippen molar-refractivity contribution in [1.29, 1.82) is 0 Å².